The number of hydrogen-bond acceptors (Lipinski definition) is 5. The molecule has 0 heterocycles. The normalized spacial score (nSPS) is 23.0. The Morgan fingerprint density at radius 2 is 2.07 bits per heavy atom. The molecule has 1 saturated carbocycles. The van der Waals surface area contributed by atoms with E-state index in [1.807, 2.05) is 6.92 Å². The largest absolute Gasteiger partial charge is 0.493 e. The second-order valence-electron chi connectivity index (χ2n) is 7.00. The molecular formula is C20H27NO6. The van der Waals surface area contributed by atoms with Crippen LogP contribution in [0.3, 0.4) is 0 Å². The van der Waals surface area contributed by atoms with Crippen molar-refractivity contribution >= 4 is 11.9 Å². The van der Waals surface area contributed by atoms with Gasteiger partial charge in [0.2, 0.25) is 0 Å². The number of carbonyl (C=O) groups excluding carboxylic acids is 1. The quantitative estimate of drug-likeness (QED) is 0.643. The minimum atomic E-state index is -1.39. The molecule has 7 nitrogen and oxygen atoms in total. The Balaban J connectivity index is 2.24. The first-order valence-corrected chi connectivity index (χ1v) is 8.82. The smallest absolute Gasteiger partial charge is 0.330 e. The highest BCUT2D eigenvalue weighted by atomic mass is 16.5. The maximum absolute atomic E-state index is 12.8. The molecule has 1 aromatic carbocycles. The summed E-state index contributed by atoms with van der Waals surface area (Å²) in [6, 6.07) is 4.70. The number of hydrogen-bond donors (Lipinski definition) is 2. The van der Waals surface area contributed by atoms with E-state index in [2.05, 4.69) is 11.9 Å². The Labute approximate surface area is 159 Å². The molecule has 27 heavy (non-hydrogen) atoms. The second kappa shape index (κ2) is 8.00. The van der Waals surface area contributed by atoms with E-state index < -0.39 is 22.8 Å². The fourth-order valence-corrected chi connectivity index (χ4v) is 3.38. The van der Waals surface area contributed by atoms with E-state index in [9.17, 15) is 14.7 Å². The van der Waals surface area contributed by atoms with Crippen LogP contribution in [0.25, 0.3) is 0 Å². The molecule has 2 rings (SSSR count). The van der Waals surface area contributed by atoms with E-state index in [0.29, 0.717) is 24.7 Å². The molecule has 148 valence electrons. The zero-order valence-corrected chi connectivity index (χ0v) is 16.2. The highest BCUT2D eigenvalue weighted by Crippen LogP contribution is 2.51. The minimum Gasteiger partial charge on any atom is -0.493 e. The first-order valence-electron chi connectivity index (χ1n) is 8.82. The summed E-state index contributed by atoms with van der Waals surface area (Å²) in [5, 5.41) is 12.5. The van der Waals surface area contributed by atoms with Gasteiger partial charge in [0, 0.05) is 24.0 Å². The van der Waals surface area contributed by atoms with Crippen molar-refractivity contribution in [2.24, 2.45) is 5.41 Å². The number of carboxylic acids is 1. The third kappa shape index (κ3) is 3.64. The Kier molecular flexibility index (Phi) is 6.15. The van der Waals surface area contributed by atoms with Crippen molar-refractivity contribution in [3.05, 3.63) is 36.4 Å². The van der Waals surface area contributed by atoms with Crippen LogP contribution in [0.15, 0.2) is 30.9 Å². The highest BCUT2D eigenvalue weighted by molar-refractivity contribution is 5.99. The molecule has 0 aromatic heterocycles. The van der Waals surface area contributed by atoms with Gasteiger partial charge in [0.05, 0.1) is 13.2 Å². The summed E-state index contributed by atoms with van der Waals surface area (Å²) in [5.41, 5.74) is -1.86. The molecule has 0 bridgehead atoms. The summed E-state index contributed by atoms with van der Waals surface area (Å²) >= 11 is 0. The van der Waals surface area contributed by atoms with Gasteiger partial charge in [-0.3, -0.25) is 4.79 Å². The Bertz CT molecular complexity index is 729. The molecule has 0 spiro atoms. The fraction of sp³-hybridized carbons (Fsp3) is 0.500. The van der Waals surface area contributed by atoms with Crippen LogP contribution >= 0.6 is 0 Å². The van der Waals surface area contributed by atoms with Crippen LogP contribution in [-0.2, 0) is 9.53 Å². The minimum absolute atomic E-state index is 0.215. The molecule has 1 aromatic rings. The van der Waals surface area contributed by atoms with E-state index in [-0.39, 0.29) is 18.1 Å². The van der Waals surface area contributed by atoms with E-state index in [1.54, 1.807) is 32.1 Å². The molecule has 7 heteroatoms. The van der Waals surface area contributed by atoms with Gasteiger partial charge in [0.1, 0.15) is 12.1 Å². The average Bonchev–Trinajstić information content (AvgIpc) is 2.64. The van der Waals surface area contributed by atoms with Gasteiger partial charge < -0.3 is 24.6 Å². The van der Waals surface area contributed by atoms with Gasteiger partial charge in [0.25, 0.3) is 5.91 Å². The van der Waals surface area contributed by atoms with E-state index >= 15 is 0 Å². The number of benzene rings is 1. The standard InChI is InChI=1S/C20H27NO6/c1-6-10-27-14-9-8-13(11-15(14)25-5)17(22)21-20(18(23)24)12-16(26-7-2)19(20,3)4/h6,8-9,11,16H,1,7,10,12H2,2-5H3,(H,21,22)(H,23,24). The van der Waals surface area contributed by atoms with Gasteiger partial charge in [-0.1, -0.05) is 26.5 Å². The van der Waals surface area contributed by atoms with Crippen molar-refractivity contribution in [1.82, 2.24) is 5.32 Å². The number of carbonyl (C=O) groups is 2. The third-order valence-corrected chi connectivity index (χ3v) is 5.24. The molecule has 1 amide bonds. The van der Waals surface area contributed by atoms with E-state index in [0.717, 1.165) is 0 Å². The van der Waals surface area contributed by atoms with Crippen LogP contribution in [0.4, 0.5) is 0 Å². The summed E-state index contributed by atoms with van der Waals surface area (Å²) < 4.78 is 16.4. The molecule has 1 aliphatic rings. The first-order chi connectivity index (χ1) is 12.7. The maximum Gasteiger partial charge on any atom is 0.330 e. The summed E-state index contributed by atoms with van der Waals surface area (Å²) in [6.45, 7) is 9.81. The topological polar surface area (TPSA) is 94.1 Å². The fourth-order valence-electron chi connectivity index (χ4n) is 3.38. The van der Waals surface area contributed by atoms with Crippen LogP contribution in [0, 0.1) is 5.41 Å². The lowest BCUT2D eigenvalue weighted by Crippen LogP contribution is -2.76. The lowest BCUT2D eigenvalue weighted by Gasteiger charge is -2.58. The van der Waals surface area contributed by atoms with E-state index in [1.165, 1.54) is 13.2 Å². The van der Waals surface area contributed by atoms with Crippen LogP contribution < -0.4 is 14.8 Å². The van der Waals surface area contributed by atoms with Gasteiger partial charge in [-0.25, -0.2) is 4.79 Å². The van der Waals surface area contributed by atoms with Crippen LogP contribution in [0.2, 0.25) is 0 Å². The van der Waals surface area contributed by atoms with Crippen molar-refractivity contribution < 1.29 is 28.9 Å². The second-order valence-corrected chi connectivity index (χ2v) is 7.00. The number of ether oxygens (including phenoxy) is 3. The van der Waals surface area contributed by atoms with Gasteiger partial charge in [-0.05, 0) is 25.1 Å². The number of carboxylic acid groups (broad SMARTS) is 1. The van der Waals surface area contributed by atoms with Crippen molar-refractivity contribution in [2.45, 2.75) is 38.8 Å². The Morgan fingerprint density at radius 3 is 2.59 bits per heavy atom. The molecule has 1 aliphatic carbocycles. The highest BCUT2D eigenvalue weighted by Gasteiger charge is 2.66. The Hall–Kier alpha value is -2.54. The van der Waals surface area contributed by atoms with Gasteiger partial charge in [0.15, 0.2) is 11.5 Å². The van der Waals surface area contributed by atoms with E-state index in [4.69, 9.17) is 14.2 Å². The molecule has 1 fully saturated rings. The van der Waals surface area contributed by atoms with Gasteiger partial charge >= 0.3 is 5.97 Å². The third-order valence-electron chi connectivity index (χ3n) is 5.24. The predicted octanol–water partition coefficient (Wildman–Crippen LogP) is 2.65. The van der Waals surface area contributed by atoms with Crippen molar-refractivity contribution in [3.63, 3.8) is 0 Å². The molecule has 0 radical (unpaired) electrons. The first kappa shape index (κ1) is 20.8. The molecule has 2 atom stereocenters. The molecule has 0 saturated heterocycles. The zero-order chi connectivity index (χ0) is 20.2. The van der Waals surface area contributed by atoms with Crippen molar-refractivity contribution in [1.29, 1.82) is 0 Å². The lowest BCUT2D eigenvalue weighted by atomic mass is 9.54. The SMILES string of the molecule is C=CCOc1ccc(C(=O)NC2(C(=O)O)CC(OCC)C2(C)C)cc1OC. The van der Waals surface area contributed by atoms with Gasteiger partial charge in [-0.15, -0.1) is 0 Å². The summed E-state index contributed by atoms with van der Waals surface area (Å²) in [6.07, 6.45) is 1.58. The summed E-state index contributed by atoms with van der Waals surface area (Å²) in [7, 11) is 1.47. The maximum atomic E-state index is 12.8. The van der Waals surface area contributed by atoms with Crippen molar-refractivity contribution in [3.8, 4) is 11.5 Å². The number of nitrogens with one attached hydrogen (secondary N) is 1. The lowest BCUT2D eigenvalue weighted by molar-refractivity contribution is -0.190. The predicted molar refractivity (Wildman–Crippen MR) is 100 cm³/mol. The molecular weight excluding hydrogens is 350 g/mol. The van der Waals surface area contributed by atoms with Crippen LogP contribution in [0.5, 0.6) is 11.5 Å². The summed E-state index contributed by atoms with van der Waals surface area (Å²) in [5.74, 6) is -0.708. The number of aliphatic carboxylic acids is 1. The number of methoxy groups -OCH3 is 1. The Morgan fingerprint density at radius 1 is 1.37 bits per heavy atom. The summed E-state index contributed by atoms with van der Waals surface area (Å²) in [4.78, 5) is 24.8. The monoisotopic (exact) mass is 377 g/mol. The zero-order valence-electron chi connectivity index (χ0n) is 16.2. The van der Waals surface area contributed by atoms with Crippen LogP contribution in [0.1, 0.15) is 37.6 Å². The average molecular weight is 377 g/mol. The van der Waals surface area contributed by atoms with Crippen LogP contribution in [-0.4, -0.2) is 48.9 Å². The van der Waals surface area contributed by atoms with Gasteiger partial charge in [-0.2, -0.15) is 0 Å². The molecule has 2 unspecified atom stereocenters. The van der Waals surface area contributed by atoms with Crippen molar-refractivity contribution in [2.75, 3.05) is 20.3 Å². The molecule has 0 aliphatic heterocycles. The number of rotatable bonds is 9. The number of amides is 1. The molecule has 2 N–H and O–H groups in total.